The maximum atomic E-state index is 15.7. The number of likely N-dealkylation sites (tertiary alicyclic amines) is 1. The van der Waals surface area contributed by atoms with Crippen LogP contribution in [0.2, 0.25) is 0 Å². The van der Waals surface area contributed by atoms with E-state index in [1.807, 2.05) is 46.0 Å². The third-order valence-electron chi connectivity index (χ3n) is 7.85. The number of hydrogen-bond donors (Lipinski definition) is 0. The third kappa shape index (κ3) is 6.39. The van der Waals surface area contributed by atoms with Crippen molar-refractivity contribution in [2.45, 2.75) is 58.6 Å². The molecule has 44 heavy (non-hydrogen) atoms. The maximum absolute atomic E-state index is 15.7. The molecule has 12 heteroatoms. The molecular formula is C32H39FN6O5. The van der Waals surface area contributed by atoms with E-state index in [1.54, 1.807) is 40.5 Å². The fourth-order valence-electron chi connectivity index (χ4n) is 5.67. The molecule has 0 radical (unpaired) electrons. The summed E-state index contributed by atoms with van der Waals surface area (Å²) >= 11 is 0. The van der Waals surface area contributed by atoms with Crippen LogP contribution in [0.5, 0.6) is 0 Å². The molecule has 0 bridgehead atoms. The number of hydrogen-bond acceptors (Lipinski definition) is 7. The van der Waals surface area contributed by atoms with Crippen LogP contribution < -0.4 is 0 Å². The average molecular weight is 607 g/mol. The first kappa shape index (κ1) is 31.0. The first-order chi connectivity index (χ1) is 20.9. The minimum atomic E-state index is -0.593. The lowest BCUT2D eigenvalue weighted by atomic mass is 9.89. The molecule has 0 spiro atoms. The van der Waals surface area contributed by atoms with Crippen molar-refractivity contribution in [1.29, 1.82) is 0 Å². The standard InChI is InChI=1S/C32H39FN6O5/c1-7-43-28(41)19-36(5)27(40)18-39-25-10-8-9-22(23-16-26-21(15-24(23)33)17-34-37(26)6)29(25)30(35-39)20-11-13-38(14-12-20)31(42)44-32(2,3)4/h8-10,15-17,20H,7,11-14,18-19H2,1-6H3. The number of aromatic nitrogens is 4. The summed E-state index contributed by atoms with van der Waals surface area (Å²) in [4.78, 5) is 40.9. The molecule has 4 aromatic rings. The number of ether oxygens (including phenoxy) is 2. The molecule has 0 unspecified atom stereocenters. The van der Waals surface area contributed by atoms with Crippen LogP contribution >= 0.6 is 0 Å². The largest absolute Gasteiger partial charge is 0.465 e. The third-order valence-corrected chi connectivity index (χ3v) is 7.85. The first-order valence-corrected chi connectivity index (χ1v) is 14.8. The monoisotopic (exact) mass is 606 g/mol. The van der Waals surface area contributed by atoms with Crippen LogP contribution in [-0.2, 0) is 32.7 Å². The van der Waals surface area contributed by atoms with E-state index in [-0.39, 0.29) is 43.4 Å². The van der Waals surface area contributed by atoms with Crippen molar-refractivity contribution in [2.24, 2.45) is 7.05 Å². The summed E-state index contributed by atoms with van der Waals surface area (Å²) in [6.07, 6.45) is 2.52. The number of halogens is 1. The smallest absolute Gasteiger partial charge is 0.410 e. The Hall–Kier alpha value is -4.48. The molecule has 0 aliphatic carbocycles. The lowest BCUT2D eigenvalue weighted by Gasteiger charge is -2.33. The second-order valence-electron chi connectivity index (χ2n) is 12.2. The number of nitrogens with zero attached hydrogens (tertiary/aromatic N) is 6. The molecular weight excluding hydrogens is 567 g/mol. The number of rotatable bonds is 7. The normalized spacial score (nSPS) is 14.3. The highest BCUT2D eigenvalue weighted by Crippen LogP contribution is 2.40. The predicted octanol–water partition coefficient (Wildman–Crippen LogP) is 4.87. The Morgan fingerprint density at radius 2 is 1.82 bits per heavy atom. The zero-order chi connectivity index (χ0) is 31.8. The maximum Gasteiger partial charge on any atom is 0.410 e. The molecule has 234 valence electrons. The van der Waals surface area contributed by atoms with Crippen molar-refractivity contribution < 1.29 is 28.2 Å². The summed E-state index contributed by atoms with van der Waals surface area (Å²) in [7, 11) is 3.35. The second-order valence-corrected chi connectivity index (χ2v) is 12.2. The molecule has 3 heterocycles. The number of carbonyl (C=O) groups excluding carboxylic acids is 3. The van der Waals surface area contributed by atoms with E-state index in [4.69, 9.17) is 14.6 Å². The van der Waals surface area contributed by atoms with Crippen LogP contribution in [0.25, 0.3) is 32.9 Å². The Labute approximate surface area is 255 Å². The van der Waals surface area contributed by atoms with E-state index in [9.17, 15) is 14.4 Å². The number of esters is 1. The Morgan fingerprint density at radius 3 is 2.50 bits per heavy atom. The van der Waals surface area contributed by atoms with Crippen molar-refractivity contribution in [3.63, 3.8) is 0 Å². The number of piperidine rings is 1. The molecule has 2 aromatic heterocycles. The quantitative estimate of drug-likeness (QED) is 0.276. The van der Waals surface area contributed by atoms with Crippen LogP contribution in [-0.4, -0.2) is 86.2 Å². The van der Waals surface area contributed by atoms with E-state index in [0.717, 1.165) is 16.6 Å². The van der Waals surface area contributed by atoms with Gasteiger partial charge in [0.2, 0.25) is 5.91 Å². The van der Waals surface area contributed by atoms with E-state index in [2.05, 4.69) is 5.10 Å². The average Bonchev–Trinajstić information content (AvgIpc) is 3.51. The van der Waals surface area contributed by atoms with Gasteiger partial charge in [0.05, 0.1) is 29.5 Å². The Morgan fingerprint density at radius 1 is 1.09 bits per heavy atom. The summed E-state index contributed by atoms with van der Waals surface area (Å²) in [6, 6.07) is 8.82. The highest BCUT2D eigenvalue weighted by atomic mass is 19.1. The second kappa shape index (κ2) is 12.3. The molecule has 1 fully saturated rings. The molecule has 2 aromatic carbocycles. The predicted molar refractivity (Wildman–Crippen MR) is 163 cm³/mol. The summed E-state index contributed by atoms with van der Waals surface area (Å²) in [5.74, 6) is -1.24. The number of benzene rings is 2. The summed E-state index contributed by atoms with van der Waals surface area (Å²) in [5, 5.41) is 10.7. The summed E-state index contributed by atoms with van der Waals surface area (Å²) in [6.45, 7) is 8.12. The molecule has 11 nitrogen and oxygen atoms in total. The molecule has 0 saturated carbocycles. The van der Waals surface area contributed by atoms with Crippen LogP contribution in [0.4, 0.5) is 9.18 Å². The summed E-state index contributed by atoms with van der Waals surface area (Å²) in [5.41, 5.74) is 2.67. The van der Waals surface area contributed by atoms with Gasteiger partial charge in [0.1, 0.15) is 24.5 Å². The van der Waals surface area contributed by atoms with Gasteiger partial charge in [0.15, 0.2) is 0 Å². The molecule has 1 saturated heterocycles. The van der Waals surface area contributed by atoms with Gasteiger partial charge in [-0.1, -0.05) is 12.1 Å². The van der Waals surface area contributed by atoms with Gasteiger partial charge in [-0.15, -0.1) is 0 Å². The molecule has 2 amide bonds. The van der Waals surface area contributed by atoms with Crippen LogP contribution in [0.1, 0.15) is 52.1 Å². The zero-order valence-electron chi connectivity index (χ0n) is 26.1. The topological polar surface area (TPSA) is 112 Å². The first-order valence-electron chi connectivity index (χ1n) is 14.8. The Kier molecular flexibility index (Phi) is 8.62. The Bertz CT molecular complexity index is 1710. The SMILES string of the molecule is CCOC(=O)CN(C)C(=O)Cn1nc(C2CCN(C(=O)OC(C)(C)C)CC2)c2c(-c3cc4c(cnn4C)cc3F)cccc21. The van der Waals surface area contributed by atoms with Gasteiger partial charge >= 0.3 is 12.1 Å². The molecule has 1 aliphatic heterocycles. The van der Waals surface area contributed by atoms with Crippen LogP contribution in [0.3, 0.4) is 0 Å². The number of amides is 2. The van der Waals surface area contributed by atoms with Gasteiger partial charge in [-0.2, -0.15) is 10.2 Å². The number of fused-ring (bicyclic) bond motifs is 2. The van der Waals surface area contributed by atoms with Gasteiger partial charge < -0.3 is 19.3 Å². The molecule has 1 aliphatic rings. The summed E-state index contributed by atoms with van der Waals surface area (Å²) < 4.78 is 29.6. The van der Waals surface area contributed by atoms with Gasteiger partial charge in [0.25, 0.3) is 0 Å². The van der Waals surface area contributed by atoms with E-state index in [0.29, 0.717) is 48.0 Å². The van der Waals surface area contributed by atoms with Gasteiger partial charge in [0, 0.05) is 49.4 Å². The van der Waals surface area contributed by atoms with Gasteiger partial charge in [-0.25, -0.2) is 9.18 Å². The van der Waals surface area contributed by atoms with Crippen molar-refractivity contribution in [2.75, 3.05) is 33.3 Å². The molecule has 0 atom stereocenters. The Balaban J connectivity index is 1.54. The lowest BCUT2D eigenvalue weighted by Crippen LogP contribution is -2.41. The van der Waals surface area contributed by atoms with E-state index in [1.165, 1.54) is 11.0 Å². The highest BCUT2D eigenvalue weighted by Gasteiger charge is 2.31. The lowest BCUT2D eigenvalue weighted by molar-refractivity contribution is -0.148. The molecule has 0 N–H and O–H groups in total. The van der Waals surface area contributed by atoms with Crippen molar-refractivity contribution in [3.8, 4) is 11.1 Å². The van der Waals surface area contributed by atoms with Crippen molar-refractivity contribution in [3.05, 3.63) is 48.0 Å². The van der Waals surface area contributed by atoms with E-state index >= 15 is 4.39 Å². The van der Waals surface area contributed by atoms with Crippen LogP contribution in [0.15, 0.2) is 36.5 Å². The fourth-order valence-corrected chi connectivity index (χ4v) is 5.67. The van der Waals surface area contributed by atoms with Crippen molar-refractivity contribution in [1.82, 2.24) is 29.4 Å². The minimum Gasteiger partial charge on any atom is -0.465 e. The number of carbonyl (C=O) groups is 3. The zero-order valence-corrected chi connectivity index (χ0v) is 26.1. The highest BCUT2D eigenvalue weighted by molar-refractivity contribution is 6.00. The van der Waals surface area contributed by atoms with Gasteiger partial charge in [-0.3, -0.25) is 19.0 Å². The number of aryl methyl sites for hydroxylation is 1. The van der Waals surface area contributed by atoms with Crippen molar-refractivity contribution >= 4 is 39.8 Å². The van der Waals surface area contributed by atoms with Gasteiger partial charge in [-0.05, 0) is 64.3 Å². The number of likely N-dealkylation sites (N-methyl/N-ethyl adjacent to an activating group) is 1. The fraction of sp³-hybridized carbons (Fsp3) is 0.469. The molecule has 5 rings (SSSR count). The van der Waals surface area contributed by atoms with Crippen LogP contribution in [0, 0.1) is 5.82 Å². The van der Waals surface area contributed by atoms with E-state index < -0.39 is 11.6 Å². The minimum absolute atomic E-state index is 0.0468.